The molecule has 0 unspecified atom stereocenters. The van der Waals surface area contributed by atoms with Crippen LogP contribution in [0.1, 0.15) is 19.8 Å². The maximum absolute atomic E-state index is 11.3. The Hall–Kier alpha value is 0.160. The van der Waals surface area contributed by atoms with E-state index in [-0.39, 0.29) is 5.91 Å². The van der Waals surface area contributed by atoms with E-state index in [1.807, 2.05) is 0 Å². The van der Waals surface area contributed by atoms with Crippen LogP contribution >= 0.6 is 22.6 Å². The average molecular weight is 283 g/mol. The first-order valence-corrected chi connectivity index (χ1v) is 5.46. The van der Waals surface area contributed by atoms with Gasteiger partial charge in [-0.25, -0.2) is 0 Å². The Balaban J connectivity index is 2.39. The van der Waals surface area contributed by atoms with Crippen LogP contribution in [-0.4, -0.2) is 39.0 Å². The van der Waals surface area contributed by atoms with Crippen LogP contribution in [0.25, 0.3) is 0 Å². The van der Waals surface area contributed by atoms with E-state index in [1.54, 1.807) is 4.90 Å². The summed E-state index contributed by atoms with van der Waals surface area (Å²) in [5, 5.41) is 9.05. The van der Waals surface area contributed by atoms with E-state index in [9.17, 15) is 4.79 Å². The highest BCUT2D eigenvalue weighted by atomic mass is 127. The molecular formula is C8H14INO2. The first-order chi connectivity index (χ1) is 5.61. The Kier molecular flexibility index (Phi) is 3.77. The number of aliphatic hydroxyl groups excluding tert-OH is 1. The lowest BCUT2D eigenvalue weighted by atomic mass is 10.1. The third kappa shape index (κ3) is 2.58. The number of likely N-dealkylation sites (tertiary alicyclic amines) is 1. The van der Waals surface area contributed by atoms with E-state index in [1.165, 1.54) is 6.92 Å². The summed E-state index contributed by atoms with van der Waals surface area (Å²) in [5.74, 6) is -0.127. The molecule has 70 valence electrons. The number of hydrogen-bond acceptors (Lipinski definition) is 2. The predicted octanol–water partition coefficient (Wildman–Crippen LogP) is 0.793. The van der Waals surface area contributed by atoms with Crippen molar-refractivity contribution in [1.82, 2.24) is 4.90 Å². The number of amides is 1. The van der Waals surface area contributed by atoms with Gasteiger partial charge in [0, 0.05) is 17.0 Å². The van der Waals surface area contributed by atoms with Gasteiger partial charge in [0.15, 0.2) is 0 Å². The van der Waals surface area contributed by atoms with Crippen LogP contribution in [0.15, 0.2) is 0 Å². The zero-order valence-electron chi connectivity index (χ0n) is 7.16. The lowest BCUT2D eigenvalue weighted by Gasteiger charge is -2.30. The minimum Gasteiger partial charge on any atom is -0.384 e. The van der Waals surface area contributed by atoms with E-state index in [2.05, 4.69) is 22.6 Å². The van der Waals surface area contributed by atoms with E-state index < -0.39 is 6.10 Å². The summed E-state index contributed by atoms with van der Waals surface area (Å²) in [6.45, 7) is 3.13. The maximum Gasteiger partial charge on any atom is 0.251 e. The minimum atomic E-state index is -0.837. The monoisotopic (exact) mass is 283 g/mol. The molecule has 4 heteroatoms. The molecule has 0 spiro atoms. The number of hydrogen-bond donors (Lipinski definition) is 1. The maximum atomic E-state index is 11.3. The molecule has 3 nitrogen and oxygen atoms in total. The van der Waals surface area contributed by atoms with Crippen molar-refractivity contribution < 1.29 is 9.90 Å². The second-order valence-electron chi connectivity index (χ2n) is 3.18. The Morgan fingerprint density at radius 3 is 2.50 bits per heavy atom. The summed E-state index contributed by atoms with van der Waals surface area (Å²) < 4.78 is 0.695. The summed E-state index contributed by atoms with van der Waals surface area (Å²) in [5.41, 5.74) is 0. The van der Waals surface area contributed by atoms with Gasteiger partial charge in [-0.15, -0.1) is 0 Å². The number of carbonyl (C=O) groups excluding carboxylic acids is 1. The highest BCUT2D eigenvalue weighted by Crippen LogP contribution is 2.18. The van der Waals surface area contributed by atoms with E-state index in [0.29, 0.717) is 3.92 Å². The number of rotatable bonds is 1. The molecule has 1 atom stereocenters. The molecule has 1 aliphatic heterocycles. The van der Waals surface area contributed by atoms with Crippen molar-refractivity contribution in [2.24, 2.45) is 0 Å². The van der Waals surface area contributed by atoms with Gasteiger partial charge < -0.3 is 10.0 Å². The van der Waals surface area contributed by atoms with Gasteiger partial charge in [-0.1, -0.05) is 22.6 Å². The smallest absolute Gasteiger partial charge is 0.251 e. The number of alkyl halides is 1. The topological polar surface area (TPSA) is 40.5 Å². The van der Waals surface area contributed by atoms with Crippen molar-refractivity contribution in [3.8, 4) is 0 Å². The Morgan fingerprint density at radius 1 is 1.58 bits per heavy atom. The molecule has 0 radical (unpaired) electrons. The number of aliphatic hydroxyl groups is 1. The van der Waals surface area contributed by atoms with Crippen LogP contribution in [0.4, 0.5) is 0 Å². The van der Waals surface area contributed by atoms with Crippen molar-refractivity contribution in [1.29, 1.82) is 0 Å². The summed E-state index contributed by atoms with van der Waals surface area (Å²) >= 11 is 2.41. The summed E-state index contributed by atoms with van der Waals surface area (Å²) in [4.78, 5) is 13.0. The summed E-state index contributed by atoms with van der Waals surface area (Å²) in [7, 11) is 0. The first kappa shape index (κ1) is 10.2. The van der Waals surface area contributed by atoms with Crippen LogP contribution in [0.5, 0.6) is 0 Å². The van der Waals surface area contributed by atoms with Crippen LogP contribution < -0.4 is 0 Å². The molecule has 1 amide bonds. The highest BCUT2D eigenvalue weighted by Gasteiger charge is 2.23. The molecule has 0 bridgehead atoms. The van der Waals surface area contributed by atoms with E-state index >= 15 is 0 Å². The second-order valence-corrected chi connectivity index (χ2v) is 4.94. The van der Waals surface area contributed by atoms with Gasteiger partial charge in [0.25, 0.3) is 5.91 Å². The molecule has 0 aromatic heterocycles. The first-order valence-electron chi connectivity index (χ1n) is 4.22. The fourth-order valence-electron chi connectivity index (χ4n) is 1.33. The minimum absolute atomic E-state index is 0.127. The van der Waals surface area contributed by atoms with E-state index in [4.69, 9.17) is 5.11 Å². The predicted molar refractivity (Wildman–Crippen MR) is 55.3 cm³/mol. The molecule has 1 heterocycles. The third-order valence-corrected chi connectivity index (χ3v) is 3.34. The number of halogens is 1. The lowest BCUT2D eigenvalue weighted by molar-refractivity contribution is -0.140. The van der Waals surface area contributed by atoms with Crippen molar-refractivity contribution >= 4 is 28.5 Å². The van der Waals surface area contributed by atoms with Crippen LogP contribution in [-0.2, 0) is 4.79 Å². The quantitative estimate of drug-likeness (QED) is 0.571. The third-order valence-electron chi connectivity index (χ3n) is 2.09. The van der Waals surface area contributed by atoms with Gasteiger partial charge in [-0.3, -0.25) is 4.79 Å². The highest BCUT2D eigenvalue weighted by molar-refractivity contribution is 14.1. The largest absolute Gasteiger partial charge is 0.384 e. The van der Waals surface area contributed by atoms with Gasteiger partial charge >= 0.3 is 0 Å². The average Bonchev–Trinajstić information content (AvgIpc) is 2.04. The molecule has 0 saturated carbocycles. The molecule has 0 aliphatic carbocycles. The number of nitrogens with zero attached hydrogens (tertiary/aromatic N) is 1. The van der Waals surface area contributed by atoms with Gasteiger partial charge in [-0.2, -0.15) is 0 Å². The zero-order chi connectivity index (χ0) is 9.14. The molecule has 0 aromatic carbocycles. The molecule has 1 N–H and O–H groups in total. The summed E-state index contributed by atoms with van der Waals surface area (Å²) in [6, 6.07) is 0. The number of carbonyl (C=O) groups is 1. The second kappa shape index (κ2) is 4.41. The normalized spacial score (nSPS) is 22.4. The Bertz CT molecular complexity index is 164. The van der Waals surface area contributed by atoms with Gasteiger partial charge in [0.1, 0.15) is 6.10 Å². The fraction of sp³-hybridized carbons (Fsp3) is 0.875. The standard InChI is InChI=1S/C8H14INO2/c1-6(11)8(12)10-4-2-7(9)3-5-10/h6-7,11H,2-5H2,1H3/t6-/m0/s1. The Morgan fingerprint density at radius 2 is 2.08 bits per heavy atom. The zero-order valence-corrected chi connectivity index (χ0v) is 9.32. The van der Waals surface area contributed by atoms with Crippen LogP contribution in [0.3, 0.4) is 0 Å². The molecule has 12 heavy (non-hydrogen) atoms. The van der Waals surface area contributed by atoms with Crippen LogP contribution in [0.2, 0.25) is 0 Å². The van der Waals surface area contributed by atoms with Crippen molar-refractivity contribution in [2.45, 2.75) is 29.8 Å². The van der Waals surface area contributed by atoms with E-state index in [0.717, 1.165) is 25.9 Å². The van der Waals surface area contributed by atoms with Crippen molar-refractivity contribution in [3.63, 3.8) is 0 Å². The Labute approximate surface area is 86.3 Å². The molecule has 1 saturated heterocycles. The van der Waals surface area contributed by atoms with Gasteiger partial charge in [0.05, 0.1) is 0 Å². The summed E-state index contributed by atoms with van der Waals surface area (Å²) in [6.07, 6.45) is 1.27. The molecular weight excluding hydrogens is 269 g/mol. The number of piperidine rings is 1. The van der Waals surface area contributed by atoms with Crippen molar-refractivity contribution in [2.75, 3.05) is 13.1 Å². The van der Waals surface area contributed by atoms with Gasteiger partial charge in [-0.05, 0) is 19.8 Å². The fourth-order valence-corrected chi connectivity index (χ4v) is 1.89. The molecule has 1 rings (SSSR count). The molecule has 1 fully saturated rings. The SMILES string of the molecule is C[C@H](O)C(=O)N1CCC(I)CC1. The van der Waals surface area contributed by atoms with Crippen LogP contribution in [0, 0.1) is 0 Å². The van der Waals surface area contributed by atoms with Crippen molar-refractivity contribution in [3.05, 3.63) is 0 Å². The molecule has 1 aliphatic rings. The molecule has 0 aromatic rings. The lowest BCUT2D eigenvalue weighted by Crippen LogP contribution is -2.43. The van der Waals surface area contributed by atoms with Gasteiger partial charge in [0.2, 0.25) is 0 Å².